The van der Waals surface area contributed by atoms with E-state index >= 15 is 0 Å². The van der Waals surface area contributed by atoms with Crippen molar-refractivity contribution in [2.75, 3.05) is 19.0 Å². The first kappa shape index (κ1) is 9.34. The molecule has 1 rings (SSSR count). The quantitative estimate of drug-likeness (QED) is 0.499. The molecule has 0 fully saturated rings. The minimum Gasteiger partial charge on any atom is -0.377 e. The van der Waals surface area contributed by atoms with Crippen LogP contribution in [0, 0.1) is 12.3 Å². The molecule has 0 amide bonds. The van der Waals surface area contributed by atoms with Crippen LogP contribution < -0.4 is 4.90 Å². The van der Waals surface area contributed by atoms with Crippen LogP contribution in [0.4, 0.5) is 5.69 Å². The van der Waals surface area contributed by atoms with E-state index in [0.29, 0.717) is 5.56 Å². The van der Waals surface area contributed by atoms with E-state index in [-0.39, 0.29) is 0 Å². The molecule has 2 nitrogen and oxygen atoms in total. The number of rotatable bonds is 2. The number of carbonyl (C=O) groups is 1. The van der Waals surface area contributed by atoms with Gasteiger partial charge in [0.1, 0.15) is 0 Å². The highest BCUT2D eigenvalue weighted by atomic mass is 16.1. The van der Waals surface area contributed by atoms with Gasteiger partial charge in [0.2, 0.25) is 0 Å². The molecule has 0 heterocycles. The molecule has 0 unspecified atom stereocenters. The van der Waals surface area contributed by atoms with Crippen LogP contribution in [0.25, 0.3) is 0 Å². The van der Waals surface area contributed by atoms with E-state index in [0.717, 1.165) is 17.5 Å². The summed E-state index contributed by atoms with van der Waals surface area (Å²) in [6.45, 7) is 0. The molecule has 1 aromatic carbocycles. The summed E-state index contributed by atoms with van der Waals surface area (Å²) in [5.74, 6) is 2.53. The summed E-state index contributed by atoms with van der Waals surface area (Å²) >= 11 is 0. The molecule has 0 N–H and O–H groups in total. The standard InChI is InChI=1S/C11H11NO/c1-4-9-5-6-10(8-13)11(7-9)12(2)3/h1,5-8H,2-3H3. The van der Waals surface area contributed by atoms with E-state index in [2.05, 4.69) is 5.92 Å². The van der Waals surface area contributed by atoms with Crippen LogP contribution in [0.5, 0.6) is 0 Å². The molecule has 0 radical (unpaired) electrons. The summed E-state index contributed by atoms with van der Waals surface area (Å²) in [6.07, 6.45) is 6.08. The first-order valence-electron chi connectivity index (χ1n) is 3.92. The monoisotopic (exact) mass is 173 g/mol. The van der Waals surface area contributed by atoms with Crippen molar-refractivity contribution < 1.29 is 4.79 Å². The molecule has 0 bridgehead atoms. The zero-order valence-electron chi connectivity index (χ0n) is 7.74. The zero-order valence-corrected chi connectivity index (χ0v) is 7.74. The Morgan fingerprint density at radius 3 is 2.62 bits per heavy atom. The Kier molecular flexibility index (Phi) is 2.71. The van der Waals surface area contributed by atoms with Crippen molar-refractivity contribution >= 4 is 12.0 Å². The third-order valence-corrected chi connectivity index (χ3v) is 1.81. The van der Waals surface area contributed by atoms with Crippen molar-refractivity contribution in [1.29, 1.82) is 0 Å². The minimum absolute atomic E-state index is 0.656. The van der Waals surface area contributed by atoms with Gasteiger partial charge in [0.05, 0.1) is 0 Å². The van der Waals surface area contributed by atoms with Gasteiger partial charge in [-0.2, -0.15) is 0 Å². The number of benzene rings is 1. The maximum Gasteiger partial charge on any atom is 0.152 e. The molecule has 0 aliphatic heterocycles. The van der Waals surface area contributed by atoms with Gasteiger partial charge in [0.15, 0.2) is 6.29 Å². The van der Waals surface area contributed by atoms with Crippen molar-refractivity contribution in [3.05, 3.63) is 29.3 Å². The van der Waals surface area contributed by atoms with Crippen molar-refractivity contribution in [3.63, 3.8) is 0 Å². The normalized spacial score (nSPS) is 9.00. The topological polar surface area (TPSA) is 20.3 Å². The average Bonchev–Trinajstić information content (AvgIpc) is 2.16. The second-order valence-electron chi connectivity index (χ2n) is 2.93. The molecule has 2 heteroatoms. The summed E-state index contributed by atoms with van der Waals surface area (Å²) in [7, 11) is 3.76. The second-order valence-corrected chi connectivity index (χ2v) is 2.93. The number of hydrogen-bond acceptors (Lipinski definition) is 2. The summed E-state index contributed by atoms with van der Waals surface area (Å²) in [6, 6.07) is 5.32. The van der Waals surface area contributed by atoms with Gasteiger partial charge in [0, 0.05) is 30.9 Å². The number of terminal acetylenes is 1. The maximum absolute atomic E-state index is 10.7. The fourth-order valence-electron chi connectivity index (χ4n) is 1.12. The fourth-order valence-corrected chi connectivity index (χ4v) is 1.12. The Labute approximate surface area is 78.2 Å². The first-order chi connectivity index (χ1) is 6.19. The van der Waals surface area contributed by atoms with E-state index in [9.17, 15) is 4.79 Å². The Bertz CT molecular complexity index is 361. The van der Waals surface area contributed by atoms with Gasteiger partial charge in [-0.05, 0) is 18.2 Å². The smallest absolute Gasteiger partial charge is 0.152 e. The van der Waals surface area contributed by atoms with Gasteiger partial charge in [-0.15, -0.1) is 6.42 Å². The number of hydrogen-bond donors (Lipinski definition) is 0. The lowest BCUT2D eigenvalue weighted by atomic mass is 10.1. The number of aldehydes is 1. The Morgan fingerprint density at radius 2 is 2.15 bits per heavy atom. The van der Waals surface area contributed by atoms with E-state index in [4.69, 9.17) is 6.42 Å². The van der Waals surface area contributed by atoms with Crippen molar-refractivity contribution in [1.82, 2.24) is 0 Å². The molecule has 0 atom stereocenters. The molecule has 66 valence electrons. The number of nitrogens with zero attached hydrogens (tertiary/aromatic N) is 1. The Balaban J connectivity index is 3.27. The third-order valence-electron chi connectivity index (χ3n) is 1.81. The molecular formula is C11H11NO. The summed E-state index contributed by atoms with van der Waals surface area (Å²) in [5, 5.41) is 0. The Morgan fingerprint density at radius 1 is 1.46 bits per heavy atom. The van der Waals surface area contributed by atoms with Crippen molar-refractivity contribution in [2.24, 2.45) is 0 Å². The van der Waals surface area contributed by atoms with Crippen LogP contribution in [0.1, 0.15) is 15.9 Å². The third kappa shape index (κ3) is 1.88. The van der Waals surface area contributed by atoms with Gasteiger partial charge in [-0.3, -0.25) is 4.79 Å². The predicted octanol–water partition coefficient (Wildman–Crippen LogP) is 1.55. The molecule has 0 aliphatic carbocycles. The SMILES string of the molecule is C#Cc1ccc(C=O)c(N(C)C)c1. The summed E-state index contributed by atoms with van der Waals surface area (Å²) in [4.78, 5) is 12.5. The van der Waals surface area contributed by atoms with E-state index in [1.807, 2.05) is 25.1 Å². The zero-order chi connectivity index (χ0) is 9.84. The molecule has 0 spiro atoms. The second kappa shape index (κ2) is 3.77. The van der Waals surface area contributed by atoms with Gasteiger partial charge < -0.3 is 4.90 Å². The highest BCUT2D eigenvalue weighted by Crippen LogP contribution is 2.18. The molecule has 0 aromatic heterocycles. The minimum atomic E-state index is 0.656. The van der Waals surface area contributed by atoms with Crippen LogP contribution in [0.15, 0.2) is 18.2 Å². The van der Waals surface area contributed by atoms with E-state index < -0.39 is 0 Å². The van der Waals surface area contributed by atoms with Gasteiger partial charge >= 0.3 is 0 Å². The van der Waals surface area contributed by atoms with Crippen molar-refractivity contribution in [3.8, 4) is 12.3 Å². The number of anilines is 1. The summed E-state index contributed by atoms with van der Waals surface area (Å²) < 4.78 is 0. The van der Waals surface area contributed by atoms with Gasteiger partial charge in [-0.1, -0.05) is 5.92 Å². The van der Waals surface area contributed by atoms with Crippen molar-refractivity contribution in [2.45, 2.75) is 0 Å². The van der Waals surface area contributed by atoms with Crippen LogP contribution in [0.2, 0.25) is 0 Å². The van der Waals surface area contributed by atoms with Crippen LogP contribution >= 0.6 is 0 Å². The maximum atomic E-state index is 10.7. The van der Waals surface area contributed by atoms with Gasteiger partial charge in [-0.25, -0.2) is 0 Å². The molecule has 0 saturated heterocycles. The average molecular weight is 173 g/mol. The molecule has 13 heavy (non-hydrogen) atoms. The lowest BCUT2D eigenvalue weighted by molar-refractivity contribution is 0.112. The lowest BCUT2D eigenvalue weighted by Crippen LogP contribution is -2.11. The molecule has 0 saturated carbocycles. The van der Waals surface area contributed by atoms with E-state index in [1.54, 1.807) is 12.1 Å². The highest BCUT2D eigenvalue weighted by molar-refractivity contribution is 5.85. The lowest BCUT2D eigenvalue weighted by Gasteiger charge is -2.14. The predicted molar refractivity (Wildman–Crippen MR) is 54.1 cm³/mol. The summed E-state index contributed by atoms with van der Waals surface area (Å²) in [5.41, 5.74) is 2.30. The van der Waals surface area contributed by atoms with Gasteiger partial charge in [0.25, 0.3) is 0 Å². The largest absolute Gasteiger partial charge is 0.377 e. The van der Waals surface area contributed by atoms with Crippen LogP contribution in [-0.2, 0) is 0 Å². The molecule has 0 aliphatic rings. The fraction of sp³-hybridized carbons (Fsp3) is 0.182. The van der Waals surface area contributed by atoms with E-state index in [1.165, 1.54) is 0 Å². The van der Waals surface area contributed by atoms with Crippen LogP contribution in [0.3, 0.4) is 0 Å². The number of carbonyl (C=O) groups excluding carboxylic acids is 1. The van der Waals surface area contributed by atoms with Crippen LogP contribution in [-0.4, -0.2) is 20.4 Å². The molecular weight excluding hydrogens is 162 g/mol. The Hall–Kier alpha value is -1.75. The molecule has 1 aromatic rings. The highest BCUT2D eigenvalue weighted by Gasteiger charge is 2.03. The first-order valence-corrected chi connectivity index (χ1v) is 3.92.